The number of rotatable bonds is 3. The third-order valence-electron chi connectivity index (χ3n) is 2.75. The van der Waals surface area contributed by atoms with Crippen molar-refractivity contribution < 1.29 is 14.7 Å². The van der Waals surface area contributed by atoms with Gasteiger partial charge in [-0.1, -0.05) is 0 Å². The molecule has 0 aliphatic carbocycles. The Bertz CT molecular complexity index is 267. The quantitative estimate of drug-likeness (QED) is 0.779. The SMILES string of the molecule is CC(C(=O)O)N(C)C(=O)NC1CCCSC1. The largest absolute Gasteiger partial charge is 0.480 e. The van der Waals surface area contributed by atoms with Gasteiger partial charge in [0.2, 0.25) is 0 Å². The van der Waals surface area contributed by atoms with Crippen LogP contribution >= 0.6 is 11.8 Å². The van der Waals surface area contributed by atoms with Gasteiger partial charge < -0.3 is 15.3 Å². The Balaban J connectivity index is 2.41. The number of hydrogen-bond acceptors (Lipinski definition) is 3. The Hall–Kier alpha value is -0.910. The van der Waals surface area contributed by atoms with Crippen LogP contribution in [0.15, 0.2) is 0 Å². The van der Waals surface area contributed by atoms with Crippen molar-refractivity contribution in [2.75, 3.05) is 18.6 Å². The van der Waals surface area contributed by atoms with E-state index in [4.69, 9.17) is 5.11 Å². The summed E-state index contributed by atoms with van der Waals surface area (Å²) in [5, 5.41) is 11.6. The molecule has 2 atom stereocenters. The number of carboxylic acids is 1. The number of amides is 2. The van der Waals surface area contributed by atoms with Gasteiger partial charge in [0.05, 0.1) is 0 Å². The van der Waals surface area contributed by atoms with E-state index in [1.54, 1.807) is 0 Å². The number of thioether (sulfide) groups is 1. The molecule has 5 nitrogen and oxygen atoms in total. The van der Waals surface area contributed by atoms with Gasteiger partial charge in [0.15, 0.2) is 0 Å². The van der Waals surface area contributed by atoms with Crippen LogP contribution in [-0.4, -0.2) is 52.6 Å². The van der Waals surface area contributed by atoms with Gasteiger partial charge >= 0.3 is 12.0 Å². The van der Waals surface area contributed by atoms with E-state index in [1.165, 1.54) is 18.9 Å². The molecule has 0 saturated carbocycles. The summed E-state index contributed by atoms with van der Waals surface area (Å²) < 4.78 is 0. The number of urea groups is 1. The summed E-state index contributed by atoms with van der Waals surface area (Å²) in [6.45, 7) is 1.50. The molecule has 16 heavy (non-hydrogen) atoms. The fourth-order valence-electron chi connectivity index (χ4n) is 1.47. The monoisotopic (exact) mass is 246 g/mol. The predicted molar refractivity (Wildman–Crippen MR) is 63.7 cm³/mol. The smallest absolute Gasteiger partial charge is 0.326 e. The van der Waals surface area contributed by atoms with Crippen LogP contribution in [0.25, 0.3) is 0 Å². The Kier molecular flexibility index (Phi) is 4.92. The number of carboxylic acid groups (broad SMARTS) is 1. The molecule has 1 heterocycles. The molecule has 1 fully saturated rings. The topological polar surface area (TPSA) is 69.6 Å². The average Bonchev–Trinajstić information content (AvgIpc) is 2.28. The first-order valence-electron chi connectivity index (χ1n) is 5.36. The second kappa shape index (κ2) is 5.98. The van der Waals surface area contributed by atoms with Crippen LogP contribution in [0.4, 0.5) is 4.79 Å². The van der Waals surface area contributed by atoms with Crippen LogP contribution in [0.5, 0.6) is 0 Å². The minimum atomic E-state index is -0.990. The van der Waals surface area contributed by atoms with Crippen LogP contribution in [0.2, 0.25) is 0 Å². The normalized spacial score (nSPS) is 22.2. The first-order valence-corrected chi connectivity index (χ1v) is 6.51. The van der Waals surface area contributed by atoms with E-state index in [0.717, 1.165) is 24.3 Å². The van der Waals surface area contributed by atoms with Crippen molar-refractivity contribution in [3.05, 3.63) is 0 Å². The molecule has 0 aromatic rings. The van der Waals surface area contributed by atoms with Crippen molar-refractivity contribution in [1.82, 2.24) is 10.2 Å². The van der Waals surface area contributed by atoms with Gasteiger partial charge in [-0.2, -0.15) is 11.8 Å². The van der Waals surface area contributed by atoms with Crippen LogP contribution in [0, 0.1) is 0 Å². The van der Waals surface area contributed by atoms with Crippen LogP contribution in [0.1, 0.15) is 19.8 Å². The summed E-state index contributed by atoms with van der Waals surface area (Å²) in [6.07, 6.45) is 2.09. The Morgan fingerprint density at radius 2 is 2.25 bits per heavy atom. The number of hydrogen-bond donors (Lipinski definition) is 2. The van der Waals surface area contributed by atoms with E-state index in [9.17, 15) is 9.59 Å². The molecule has 1 aliphatic rings. The maximum atomic E-state index is 11.7. The van der Waals surface area contributed by atoms with E-state index in [1.807, 2.05) is 11.8 Å². The first-order chi connectivity index (χ1) is 7.52. The number of nitrogens with one attached hydrogen (secondary N) is 1. The molecular weight excluding hydrogens is 228 g/mol. The van der Waals surface area contributed by atoms with Crippen LogP contribution in [0.3, 0.4) is 0 Å². The van der Waals surface area contributed by atoms with E-state index < -0.39 is 12.0 Å². The molecule has 92 valence electrons. The first kappa shape index (κ1) is 13.2. The third-order valence-corrected chi connectivity index (χ3v) is 3.96. The molecule has 2 N–H and O–H groups in total. The molecule has 6 heteroatoms. The second-order valence-electron chi connectivity index (χ2n) is 3.99. The minimum Gasteiger partial charge on any atom is -0.480 e. The molecule has 1 rings (SSSR count). The Morgan fingerprint density at radius 3 is 2.75 bits per heavy atom. The summed E-state index contributed by atoms with van der Waals surface area (Å²) in [7, 11) is 1.50. The highest BCUT2D eigenvalue weighted by Gasteiger charge is 2.24. The molecule has 0 bridgehead atoms. The van der Waals surface area contributed by atoms with Crippen molar-refractivity contribution in [3.8, 4) is 0 Å². The van der Waals surface area contributed by atoms with Gasteiger partial charge in [0, 0.05) is 18.8 Å². The van der Waals surface area contributed by atoms with E-state index in [-0.39, 0.29) is 12.1 Å². The van der Waals surface area contributed by atoms with Crippen molar-refractivity contribution in [1.29, 1.82) is 0 Å². The fraction of sp³-hybridized carbons (Fsp3) is 0.800. The van der Waals surface area contributed by atoms with Crippen molar-refractivity contribution in [3.63, 3.8) is 0 Å². The lowest BCUT2D eigenvalue weighted by Crippen LogP contribution is -2.50. The lowest BCUT2D eigenvalue weighted by atomic mass is 10.2. The molecule has 1 saturated heterocycles. The van der Waals surface area contributed by atoms with Crippen LogP contribution < -0.4 is 5.32 Å². The van der Waals surface area contributed by atoms with E-state index >= 15 is 0 Å². The zero-order valence-electron chi connectivity index (χ0n) is 9.60. The highest BCUT2D eigenvalue weighted by atomic mass is 32.2. The van der Waals surface area contributed by atoms with Crippen molar-refractivity contribution in [2.24, 2.45) is 0 Å². The minimum absolute atomic E-state index is 0.176. The van der Waals surface area contributed by atoms with Gasteiger partial charge in [-0.15, -0.1) is 0 Å². The van der Waals surface area contributed by atoms with Gasteiger partial charge in [-0.3, -0.25) is 0 Å². The predicted octanol–water partition coefficient (Wildman–Crippen LogP) is 0.997. The fourth-order valence-corrected chi connectivity index (χ4v) is 2.54. The molecule has 0 radical (unpaired) electrons. The van der Waals surface area contributed by atoms with Gasteiger partial charge in [-0.05, 0) is 25.5 Å². The molecule has 0 spiro atoms. The van der Waals surface area contributed by atoms with Crippen molar-refractivity contribution >= 4 is 23.8 Å². The summed E-state index contributed by atoms with van der Waals surface area (Å²) in [5.41, 5.74) is 0. The van der Waals surface area contributed by atoms with Crippen LogP contribution in [-0.2, 0) is 4.79 Å². The third kappa shape index (κ3) is 3.59. The number of likely N-dealkylation sites (N-methyl/N-ethyl adjacent to an activating group) is 1. The maximum Gasteiger partial charge on any atom is 0.326 e. The molecule has 2 unspecified atom stereocenters. The number of nitrogens with zero attached hydrogens (tertiary/aromatic N) is 1. The second-order valence-corrected chi connectivity index (χ2v) is 5.14. The van der Waals surface area contributed by atoms with Gasteiger partial charge in [0.1, 0.15) is 6.04 Å². The molecule has 0 aromatic heterocycles. The highest BCUT2D eigenvalue weighted by Crippen LogP contribution is 2.17. The standard InChI is InChI=1S/C10H18N2O3S/c1-7(9(13)14)12(2)10(15)11-8-4-3-5-16-6-8/h7-8H,3-6H2,1-2H3,(H,11,15)(H,13,14). The molecule has 1 aliphatic heterocycles. The average molecular weight is 246 g/mol. The number of aliphatic carboxylic acids is 1. The van der Waals surface area contributed by atoms with Crippen molar-refractivity contribution in [2.45, 2.75) is 31.8 Å². The molecule has 2 amide bonds. The Morgan fingerprint density at radius 1 is 1.56 bits per heavy atom. The lowest BCUT2D eigenvalue weighted by molar-refractivity contribution is -0.141. The maximum absolute atomic E-state index is 11.7. The summed E-state index contributed by atoms with van der Waals surface area (Å²) in [4.78, 5) is 23.6. The summed E-state index contributed by atoms with van der Waals surface area (Å²) >= 11 is 1.82. The highest BCUT2D eigenvalue weighted by molar-refractivity contribution is 7.99. The van der Waals surface area contributed by atoms with E-state index in [0.29, 0.717) is 0 Å². The number of carbonyl (C=O) groups is 2. The van der Waals surface area contributed by atoms with Gasteiger partial charge in [0.25, 0.3) is 0 Å². The Labute approximate surface area is 99.6 Å². The molecular formula is C10H18N2O3S. The number of carbonyl (C=O) groups excluding carboxylic acids is 1. The van der Waals surface area contributed by atoms with E-state index in [2.05, 4.69) is 5.32 Å². The summed E-state index contributed by atoms with van der Waals surface area (Å²) in [6, 6.07) is -0.923. The lowest BCUT2D eigenvalue weighted by Gasteiger charge is -2.27. The zero-order chi connectivity index (χ0) is 12.1. The molecule has 0 aromatic carbocycles. The summed E-state index contributed by atoms with van der Waals surface area (Å²) in [5.74, 6) is 1.07. The van der Waals surface area contributed by atoms with Gasteiger partial charge in [-0.25, -0.2) is 9.59 Å². The zero-order valence-corrected chi connectivity index (χ0v) is 10.4.